The third-order valence-electron chi connectivity index (χ3n) is 3.82. The van der Waals surface area contributed by atoms with E-state index in [1.165, 1.54) is 6.07 Å². The van der Waals surface area contributed by atoms with E-state index in [1.807, 2.05) is 26.8 Å². The van der Waals surface area contributed by atoms with Gasteiger partial charge >= 0.3 is 0 Å². The Morgan fingerprint density at radius 3 is 2.48 bits per heavy atom. The predicted molar refractivity (Wildman–Crippen MR) is 82.4 cm³/mol. The zero-order valence-electron chi connectivity index (χ0n) is 12.9. The maximum absolute atomic E-state index is 14.3. The second kappa shape index (κ2) is 5.51. The molecule has 0 radical (unpaired) electrons. The van der Waals surface area contributed by atoms with Crippen LogP contribution in [-0.4, -0.2) is 8.96 Å². The van der Waals surface area contributed by atoms with Crippen LogP contribution in [0.3, 0.4) is 0 Å². The topological polar surface area (TPSA) is 52.9 Å². The average Bonchev–Trinajstić information content (AvgIpc) is 3.18. The molecule has 2 rings (SSSR count). The molecule has 0 heterocycles. The molecular weight excluding hydrogens is 287 g/mol. The molecule has 0 saturated heterocycles. The van der Waals surface area contributed by atoms with Crippen molar-refractivity contribution >= 4 is 11.0 Å². The SMILES string of the molecule is C[C@H](N[S@@](=O)C(C)(C)C)c1ccc(C2(C#N)CC2)cc1F. The van der Waals surface area contributed by atoms with Crippen molar-refractivity contribution in [2.45, 2.75) is 56.7 Å². The fraction of sp³-hybridized carbons (Fsp3) is 0.562. The molecule has 1 aliphatic rings. The van der Waals surface area contributed by atoms with Crippen LogP contribution in [0.25, 0.3) is 0 Å². The number of nitrogens with zero attached hydrogens (tertiary/aromatic N) is 1. The number of halogens is 1. The molecule has 5 heteroatoms. The molecule has 3 nitrogen and oxygen atoms in total. The van der Waals surface area contributed by atoms with Gasteiger partial charge < -0.3 is 0 Å². The normalized spacial score (nSPS) is 19.6. The Kier molecular flexibility index (Phi) is 4.23. The number of hydrogen-bond donors (Lipinski definition) is 1. The van der Waals surface area contributed by atoms with E-state index in [0.29, 0.717) is 5.56 Å². The summed E-state index contributed by atoms with van der Waals surface area (Å²) in [4.78, 5) is 0. The molecule has 1 N–H and O–H groups in total. The van der Waals surface area contributed by atoms with E-state index in [2.05, 4.69) is 10.8 Å². The average molecular weight is 308 g/mol. The van der Waals surface area contributed by atoms with Gasteiger partial charge in [0, 0.05) is 11.6 Å². The fourth-order valence-corrected chi connectivity index (χ4v) is 2.97. The fourth-order valence-electron chi connectivity index (χ4n) is 2.17. The molecular formula is C16H21FN2OS. The van der Waals surface area contributed by atoms with Gasteiger partial charge in [0.1, 0.15) is 5.82 Å². The third kappa shape index (κ3) is 3.33. The molecule has 0 aromatic heterocycles. The molecule has 0 spiro atoms. The number of nitrogens with one attached hydrogen (secondary N) is 1. The van der Waals surface area contributed by atoms with Gasteiger partial charge in [-0.2, -0.15) is 5.26 Å². The van der Waals surface area contributed by atoms with Crippen molar-refractivity contribution in [1.82, 2.24) is 4.72 Å². The van der Waals surface area contributed by atoms with Crippen LogP contribution < -0.4 is 4.72 Å². The van der Waals surface area contributed by atoms with E-state index < -0.39 is 21.1 Å². The summed E-state index contributed by atoms with van der Waals surface area (Å²) in [5.41, 5.74) is 0.741. The van der Waals surface area contributed by atoms with Crippen LogP contribution in [0.4, 0.5) is 4.39 Å². The Balaban J connectivity index is 2.18. The molecule has 1 saturated carbocycles. The largest absolute Gasteiger partial charge is 0.242 e. The van der Waals surface area contributed by atoms with E-state index >= 15 is 0 Å². The van der Waals surface area contributed by atoms with Crippen molar-refractivity contribution in [3.05, 3.63) is 35.1 Å². The third-order valence-corrected chi connectivity index (χ3v) is 5.50. The van der Waals surface area contributed by atoms with E-state index in [0.717, 1.165) is 18.4 Å². The highest BCUT2D eigenvalue weighted by atomic mass is 32.2. The molecule has 2 atom stereocenters. The molecule has 114 valence electrons. The van der Waals surface area contributed by atoms with E-state index in [4.69, 9.17) is 5.26 Å². The van der Waals surface area contributed by atoms with Crippen LogP contribution in [0.15, 0.2) is 18.2 Å². The maximum Gasteiger partial charge on any atom is 0.128 e. The maximum atomic E-state index is 14.3. The highest BCUT2D eigenvalue weighted by molar-refractivity contribution is 7.84. The van der Waals surface area contributed by atoms with Crippen LogP contribution in [0, 0.1) is 17.1 Å². The molecule has 0 amide bonds. The Bertz CT molecular complexity index is 612. The summed E-state index contributed by atoms with van der Waals surface area (Å²) < 4.78 is 28.9. The predicted octanol–water partition coefficient (Wildman–Crippen LogP) is 3.49. The van der Waals surface area contributed by atoms with Crippen LogP contribution in [0.1, 0.15) is 57.7 Å². The summed E-state index contributed by atoms with van der Waals surface area (Å²) in [7, 11) is -1.26. The lowest BCUT2D eigenvalue weighted by molar-refractivity contribution is 0.569. The Labute approximate surface area is 128 Å². The molecule has 1 aromatic rings. The van der Waals surface area contributed by atoms with Gasteiger partial charge in [0.25, 0.3) is 0 Å². The van der Waals surface area contributed by atoms with Crippen LogP contribution in [0.5, 0.6) is 0 Å². The van der Waals surface area contributed by atoms with E-state index in [1.54, 1.807) is 13.0 Å². The molecule has 1 aromatic carbocycles. The summed E-state index contributed by atoms with van der Waals surface area (Å²) >= 11 is 0. The highest BCUT2D eigenvalue weighted by Crippen LogP contribution is 2.47. The highest BCUT2D eigenvalue weighted by Gasteiger charge is 2.45. The van der Waals surface area contributed by atoms with Crippen LogP contribution >= 0.6 is 0 Å². The minimum atomic E-state index is -1.26. The van der Waals surface area contributed by atoms with Crippen LogP contribution in [0.2, 0.25) is 0 Å². The van der Waals surface area contributed by atoms with Crippen molar-refractivity contribution in [3.63, 3.8) is 0 Å². The lowest BCUT2D eigenvalue weighted by atomic mass is 9.95. The van der Waals surface area contributed by atoms with Gasteiger partial charge in [0.15, 0.2) is 0 Å². The Morgan fingerprint density at radius 1 is 1.43 bits per heavy atom. The number of rotatable bonds is 4. The first-order valence-electron chi connectivity index (χ1n) is 7.09. The van der Waals surface area contributed by atoms with E-state index in [-0.39, 0.29) is 11.9 Å². The molecule has 0 bridgehead atoms. The molecule has 0 aliphatic heterocycles. The zero-order chi connectivity index (χ0) is 15.8. The van der Waals surface area contributed by atoms with Gasteiger partial charge in [-0.15, -0.1) is 0 Å². The molecule has 1 aliphatic carbocycles. The quantitative estimate of drug-likeness (QED) is 0.925. The number of hydrogen-bond acceptors (Lipinski definition) is 2. The Morgan fingerprint density at radius 2 is 2.05 bits per heavy atom. The molecule has 0 unspecified atom stereocenters. The van der Waals surface area contributed by atoms with E-state index in [9.17, 15) is 8.60 Å². The van der Waals surface area contributed by atoms with Crippen LogP contribution in [-0.2, 0) is 16.4 Å². The summed E-state index contributed by atoms with van der Waals surface area (Å²) in [6.45, 7) is 7.39. The minimum absolute atomic E-state index is 0.347. The lowest BCUT2D eigenvalue weighted by Gasteiger charge is -2.22. The van der Waals surface area contributed by atoms with Gasteiger partial charge in [0.2, 0.25) is 0 Å². The number of nitriles is 1. The van der Waals surface area contributed by atoms with Crippen molar-refractivity contribution in [1.29, 1.82) is 5.26 Å². The summed E-state index contributed by atoms with van der Waals surface area (Å²) in [5.74, 6) is -0.347. The first-order chi connectivity index (χ1) is 9.69. The standard InChI is InChI=1S/C16H21FN2OS/c1-11(19-21(20)15(2,3)4)13-6-5-12(9-14(13)17)16(10-18)7-8-16/h5-6,9,11,19H,7-8H2,1-4H3/t11-,21-/m0/s1. The van der Waals surface area contributed by atoms with Gasteiger partial charge in [-0.05, 0) is 52.2 Å². The Hall–Kier alpha value is -1.25. The first kappa shape index (κ1) is 16.1. The summed E-state index contributed by atoms with van der Waals surface area (Å²) in [6.07, 6.45) is 1.59. The smallest absolute Gasteiger partial charge is 0.128 e. The first-order valence-corrected chi connectivity index (χ1v) is 8.24. The second-order valence-corrected chi connectivity index (χ2v) is 8.65. The van der Waals surface area contributed by atoms with Crippen molar-refractivity contribution in [3.8, 4) is 6.07 Å². The summed E-state index contributed by atoms with van der Waals surface area (Å²) in [6, 6.07) is 6.87. The minimum Gasteiger partial charge on any atom is -0.242 e. The summed E-state index contributed by atoms with van der Waals surface area (Å²) in [5, 5.41) is 9.16. The van der Waals surface area contributed by atoms with Gasteiger partial charge in [-0.3, -0.25) is 0 Å². The second-order valence-electron chi connectivity index (χ2n) is 6.65. The van der Waals surface area contributed by atoms with Crippen molar-refractivity contribution < 1.29 is 8.60 Å². The van der Waals surface area contributed by atoms with Gasteiger partial charge in [-0.25, -0.2) is 13.3 Å². The van der Waals surface area contributed by atoms with Crippen molar-refractivity contribution in [2.75, 3.05) is 0 Å². The number of benzene rings is 1. The van der Waals surface area contributed by atoms with Gasteiger partial charge in [-0.1, -0.05) is 12.1 Å². The molecule has 1 fully saturated rings. The monoisotopic (exact) mass is 308 g/mol. The van der Waals surface area contributed by atoms with Gasteiger partial charge in [0.05, 0.1) is 27.2 Å². The van der Waals surface area contributed by atoms with Crippen molar-refractivity contribution in [2.24, 2.45) is 0 Å². The zero-order valence-corrected chi connectivity index (χ0v) is 13.7. The lowest BCUT2D eigenvalue weighted by Crippen LogP contribution is -2.35. The molecule has 21 heavy (non-hydrogen) atoms.